The summed E-state index contributed by atoms with van der Waals surface area (Å²) in [6, 6.07) is 8.58. The lowest BCUT2D eigenvalue weighted by atomic mass is 10.0. The second-order valence-corrected chi connectivity index (χ2v) is 8.60. The Bertz CT molecular complexity index is 1150. The molecule has 1 fully saturated rings. The predicted molar refractivity (Wildman–Crippen MR) is 136 cm³/mol. The standard InChI is InChI=1S/C27H36N6/c1-6-10-23(33(5)24-13-9-14-29-18-24)15-26-25(7-2)20(4)31-32-27(26)30-17-22-12-8-11-21(16-28)19(22)3/h7-8,10-12,15,24,29H,6,9,13-14,17-18H2,1-5H3,(H,30,32)/b23-10-,25-7-,26-15+. The van der Waals surface area contributed by atoms with Crippen molar-refractivity contribution in [2.24, 2.45) is 0 Å². The molecule has 0 saturated carbocycles. The topological polar surface area (TPSA) is 76.9 Å². The first-order valence-corrected chi connectivity index (χ1v) is 11.9. The zero-order valence-corrected chi connectivity index (χ0v) is 20.6. The Morgan fingerprint density at radius 3 is 2.79 bits per heavy atom. The van der Waals surface area contributed by atoms with Crippen LogP contribution in [-0.4, -0.2) is 41.3 Å². The molecule has 0 bridgehead atoms. The van der Waals surface area contributed by atoms with Crippen LogP contribution in [0, 0.1) is 25.2 Å². The fraction of sp³-hybridized carbons (Fsp3) is 0.444. The molecule has 0 amide bonds. The van der Waals surface area contributed by atoms with Gasteiger partial charge >= 0.3 is 0 Å². The average Bonchev–Trinajstić information content (AvgIpc) is 2.84. The van der Waals surface area contributed by atoms with E-state index in [0.717, 1.165) is 52.6 Å². The van der Waals surface area contributed by atoms with Crippen molar-refractivity contribution in [3.63, 3.8) is 0 Å². The highest BCUT2D eigenvalue weighted by molar-refractivity contribution is 5.55. The van der Waals surface area contributed by atoms with Gasteiger partial charge in [0.05, 0.1) is 17.3 Å². The number of aryl methyl sites for hydroxylation is 1. The van der Waals surface area contributed by atoms with Crippen LogP contribution in [-0.2, 0) is 6.54 Å². The van der Waals surface area contributed by atoms with Crippen molar-refractivity contribution in [3.8, 4) is 6.07 Å². The summed E-state index contributed by atoms with van der Waals surface area (Å²) in [7, 11) is 2.19. The smallest absolute Gasteiger partial charge is 0.156 e. The Balaban J connectivity index is 2.03. The molecule has 6 nitrogen and oxygen atoms in total. The van der Waals surface area contributed by atoms with Gasteiger partial charge in [0, 0.05) is 42.3 Å². The van der Waals surface area contributed by atoms with Gasteiger partial charge in [-0.2, -0.15) is 10.4 Å². The molecular formula is C27H36N6. The Hall–Kier alpha value is -3.17. The van der Waals surface area contributed by atoms with Crippen LogP contribution < -0.4 is 21.1 Å². The Labute approximate surface area is 197 Å². The zero-order chi connectivity index (χ0) is 23.8. The van der Waals surface area contributed by atoms with Gasteiger partial charge in [0.15, 0.2) is 5.82 Å². The van der Waals surface area contributed by atoms with Crippen LogP contribution >= 0.6 is 0 Å². The molecule has 0 spiro atoms. The first kappa shape index (κ1) is 24.5. The van der Waals surface area contributed by atoms with Gasteiger partial charge in [-0.25, -0.2) is 0 Å². The number of nitrogens with one attached hydrogen (secondary N) is 2. The van der Waals surface area contributed by atoms with Crippen LogP contribution in [0.25, 0.3) is 12.2 Å². The number of nitrogens with zero attached hydrogens (tertiary/aromatic N) is 4. The molecule has 0 aliphatic carbocycles. The number of piperidine rings is 1. The van der Waals surface area contributed by atoms with E-state index in [1.165, 1.54) is 18.5 Å². The number of rotatable bonds is 7. The van der Waals surface area contributed by atoms with Crippen molar-refractivity contribution < 1.29 is 0 Å². The Morgan fingerprint density at radius 1 is 1.30 bits per heavy atom. The number of hydrogen-bond donors (Lipinski definition) is 2. The zero-order valence-electron chi connectivity index (χ0n) is 20.6. The second kappa shape index (κ2) is 11.6. The molecular weight excluding hydrogens is 408 g/mol. The normalized spacial score (nSPS) is 17.7. The molecule has 1 atom stereocenters. The molecule has 33 heavy (non-hydrogen) atoms. The van der Waals surface area contributed by atoms with Gasteiger partial charge in [-0.1, -0.05) is 31.2 Å². The summed E-state index contributed by atoms with van der Waals surface area (Å²) < 4.78 is 0. The van der Waals surface area contributed by atoms with E-state index in [2.05, 4.69) is 64.0 Å². The number of nitriles is 1. The summed E-state index contributed by atoms with van der Waals surface area (Å²) in [6.07, 6.45) is 9.99. The SMILES string of the molecule is C/C=c1/c(C)nnc(NCc2cccc(C#N)c2C)/c1=C/C(=C/CC)N(C)C1CCCNC1. The molecule has 6 heteroatoms. The van der Waals surface area contributed by atoms with E-state index in [1.807, 2.05) is 39.0 Å². The van der Waals surface area contributed by atoms with Crippen molar-refractivity contribution in [3.05, 3.63) is 62.8 Å². The molecule has 1 aliphatic rings. The van der Waals surface area contributed by atoms with E-state index in [4.69, 9.17) is 0 Å². The highest BCUT2D eigenvalue weighted by atomic mass is 15.2. The number of likely N-dealkylation sites (N-methyl/N-ethyl adjacent to an activating group) is 1. The van der Waals surface area contributed by atoms with E-state index in [9.17, 15) is 5.26 Å². The van der Waals surface area contributed by atoms with Crippen LogP contribution in [0.5, 0.6) is 0 Å². The maximum Gasteiger partial charge on any atom is 0.156 e. The summed E-state index contributed by atoms with van der Waals surface area (Å²) in [4.78, 5) is 2.40. The van der Waals surface area contributed by atoms with E-state index < -0.39 is 0 Å². The van der Waals surface area contributed by atoms with Crippen LogP contribution in [0.2, 0.25) is 0 Å². The van der Waals surface area contributed by atoms with Gasteiger partial charge in [-0.3, -0.25) is 0 Å². The lowest BCUT2D eigenvalue weighted by molar-refractivity contribution is 0.257. The Kier molecular flexibility index (Phi) is 8.62. The third-order valence-electron chi connectivity index (χ3n) is 6.47. The van der Waals surface area contributed by atoms with Crippen molar-refractivity contribution >= 4 is 18.0 Å². The van der Waals surface area contributed by atoms with E-state index >= 15 is 0 Å². The molecule has 2 heterocycles. The minimum Gasteiger partial charge on any atom is -0.371 e. The summed E-state index contributed by atoms with van der Waals surface area (Å²) in [5, 5.41) is 27.5. The largest absolute Gasteiger partial charge is 0.371 e. The summed E-state index contributed by atoms with van der Waals surface area (Å²) in [5.41, 5.74) is 4.90. The summed E-state index contributed by atoms with van der Waals surface area (Å²) in [6.45, 7) is 10.9. The van der Waals surface area contributed by atoms with Gasteiger partial charge in [-0.05, 0) is 69.8 Å². The van der Waals surface area contributed by atoms with Gasteiger partial charge in [-0.15, -0.1) is 5.10 Å². The molecule has 1 aliphatic heterocycles. The first-order chi connectivity index (χ1) is 16.0. The van der Waals surface area contributed by atoms with Crippen LogP contribution in [0.1, 0.15) is 55.5 Å². The predicted octanol–water partition coefficient (Wildman–Crippen LogP) is 3.14. The molecule has 1 unspecified atom stereocenters. The minimum atomic E-state index is 0.477. The molecule has 3 rings (SSSR count). The molecule has 2 aromatic rings. The summed E-state index contributed by atoms with van der Waals surface area (Å²) in [5.74, 6) is 0.757. The third-order valence-corrected chi connectivity index (χ3v) is 6.47. The Morgan fingerprint density at radius 2 is 2.12 bits per heavy atom. The molecule has 2 N–H and O–H groups in total. The third kappa shape index (κ3) is 5.80. The minimum absolute atomic E-state index is 0.477. The highest BCUT2D eigenvalue weighted by Crippen LogP contribution is 2.17. The maximum atomic E-state index is 9.36. The van der Waals surface area contributed by atoms with E-state index in [-0.39, 0.29) is 0 Å². The molecule has 1 aromatic carbocycles. The first-order valence-electron chi connectivity index (χ1n) is 11.9. The molecule has 1 aromatic heterocycles. The van der Waals surface area contributed by atoms with Crippen molar-refractivity contribution in [2.45, 2.75) is 59.5 Å². The van der Waals surface area contributed by atoms with Crippen LogP contribution in [0.15, 0.2) is 30.0 Å². The molecule has 1 saturated heterocycles. The number of benzene rings is 1. The number of aromatic nitrogens is 2. The van der Waals surface area contributed by atoms with Crippen molar-refractivity contribution in [1.82, 2.24) is 20.4 Å². The quantitative estimate of drug-likeness (QED) is 0.683. The van der Waals surface area contributed by atoms with Crippen LogP contribution in [0.3, 0.4) is 0 Å². The number of hydrogen-bond acceptors (Lipinski definition) is 6. The number of anilines is 1. The molecule has 0 radical (unpaired) electrons. The lowest BCUT2D eigenvalue weighted by Crippen LogP contribution is -2.44. The highest BCUT2D eigenvalue weighted by Gasteiger charge is 2.19. The van der Waals surface area contributed by atoms with Gasteiger partial charge in [0.2, 0.25) is 0 Å². The van der Waals surface area contributed by atoms with Gasteiger partial charge in [0.1, 0.15) is 0 Å². The average molecular weight is 445 g/mol. The second-order valence-electron chi connectivity index (χ2n) is 8.60. The monoisotopic (exact) mass is 444 g/mol. The van der Waals surface area contributed by atoms with E-state index in [1.54, 1.807) is 0 Å². The van der Waals surface area contributed by atoms with Gasteiger partial charge < -0.3 is 15.5 Å². The van der Waals surface area contributed by atoms with Crippen LogP contribution in [0.4, 0.5) is 5.82 Å². The number of allylic oxidation sites excluding steroid dienone is 2. The fourth-order valence-electron chi connectivity index (χ4n) is 4.41. The van der Waals surface area contributed by atoms with Crippen molar-refractivity contribution in [2.75, 3.05) is 25.5 Å². The van der Waals surface area contributed by atoms with Gasteiger partial charge in [0.25, 0.3) is 0 Å². The summed E-state index contributed by atoms with van der Waals surface area (Å²) >= 11 is 0. The van der Waals surface area contributed by atoms with E-state index in [0.29, 0.717) is 18.2 Å². The maximum absolute atomic E-state index is 9.36. The van der Waals surface area contributed by atoms with Crippen molar-refractivity contribution in [1.29, 1.82) is 5.26 Å². The fourth-order valence-corrected chi connectivity index (χ4v) is 4.41. The lowest BCUT2D eigenvalue weighted by Gasteiger charge is -2.34. The molecule has 174 valence electrons.